The van der Waals surface area contributed by atoms with Crippen molar-refractivity contribution >= 4 is 29.3 Å². The van der Waals surface area contributed by atoms with Crippen molar-refractivity contribution in [2.24, 2.45) is 11.8 Å². The van der Waals surface area contributed by atoms with Crippen molar-refractivity contribution in [3.63, 3.8) is 0 Å². The van der Waals surface area contributed by atoms with E-state index in [1.54, 1.807) is 11.0 Å². The average Bonchev–Trinajstić information content (AvgIpc) is 3.70. The van der Waals surface area contributed by atoms with E-state index in [-0.39, 0.29) is 40.2 Å². The van der Waals surface area contributed by atoms with E-state index in [0.717, 1.165) is 60.2 Å². The van der Waals surface area contributed by atoms with E-state index in [0.29, 0.717) is 18.9 Å². The second kappa shape index (κ2) is 9.77. The standard InChI is InChI=1S/C30H36N4O3/c1-18-17-34(29(37)22-12-13-25(30(2,3)4)32-28(22)36)15-14-20(18)23-16-26(33-27(35)19-10-11-19)31-24-9-7-5-6-8-21(23)24/h6,8,12-14,16,18-19H,5,7,9-11,15,17H2,1-4H3,(H,32,36)(H,31,33,35). The molecule has 1 aliphatic heterocycles. The predicted molar refractivity (Wildman–Crippen MR) is 146 cm³/mol. The van der Waals surface area contributed by atoms with Gasteiger partial charge in [-0.3, -0.25) is 14.4 Å². The molecule has 1 unspecified atom stereocenters. The van der Waals surface area contributed by atoms with Crippen molar-refractivity contribution in [1.29, 1.82) is 0 Å². The Morgan fingerprint density at radius 3 is 2.65 bits per heavy atom. The first kappa shape index (κ1) is 25.2. The summed E-state index contributed by atoms with van der Waals surface area (Å²) in [6.45, 7) is 9.11. The first-order valence-corrected chi connectivity index (χ1v) is 13.4. The highest BCUT2D eigenvalue weighted by molar-refractivity contribution is 5.95. The van der Waals surface area contributed by atoms with Crippen molar-refractivity contribution < 1.29 is 9.59 Å². The Morgan fingerprint density at radius 1 is 1.19 bits per heavy atom. The number of allylic oxidation sites excluding steroid dienone is 1. The normalized spacial score (nSPS) is 19.6. The van der Waals surface area contributed by atoms with Crippen LogP contribution in [0.4, 0.5) is 5.82 Å². The highest BCUT2D eigenvalue weighted by Crippen LogP contribution is 2.36. The van der Waals surface area contributed by atoms with Gasteiger partial charge in [-0.05, 0) is 67.4 Å². The molecule has 1 fully saturated rings. The van der Waals surface area contributed by atoms with Gasteiger partial charge in [-0.25, -0.2) is 4.98 Å². The first-order chi connectivity index (χ1) is 17.6. The molecule has 2 N–H and O–H groups in total. The third kappa shape index (κ3) is 5.31. The summed E-state index contributed by atoms with van der Waals surface area (Å²) in [7, 11) is 0. The highest BCUT2D eigenvalue weighted by atomic mass is 16.2. The van der Waals surface area contributed by atoms with E-state index < -0.39 is 0 Å². The van der Waals surface area contributed by atoms with Gasteiger partial charge in [0.05, 0.1) is 5.69 Å². The lowest BCUT2D eigenvalue weighted by atomic mass is 9.87. The third-order valence-electron chi connectivity index (χ3n) is 7.51. The lowest BCUT2D eigenvalue weighted by Gasteiger charge is -2.32. The number of pyridine rings is 2. The van der Waals surface area contributed by atoms with Crippen LogP contribution in [0.2, 0.25) is 0 Å². The second-order valence-corrected chi connectivity index (χ2v) is 11.6. The van der Waals surface area contributed by atoms with E-state index >= 15 is 0 Å². The number of nitrogens with one attached hydrogen (secondary N) is 2. The molecule has 5 rings (SSSR count). The molecule has 1 atom stereocenters. The lowest BCUT2D eigenvalue weighted by molar-refractivity contribution is -0.117. The number of anilines is 1. The van der Waals surface area contributed by atoms with Crippen LogP contribution in [0, 0.1) is 11.8 Å². The molecule has 194 valence electrons. The van der Waals surface area contributed by atoms with E-state index in [1.165, 1.54) is 0 Å². The lowest BCUT2D eigenvalue weighted by Crippen LogP contribution is -2.40. The van der Waals surface area contributed by atoms with Crippen LogP contribution in [0.25, 0.3) is 11.6 Å². The zero-order valence-electron chi connectivity index (χ0n) is 22.2. The van der Waals surface area contributed by atoms with Crippen LogP contribution in [0.5, 0.6) is 0 Å². The molecular weight excluding hydrogens is 464 g/mol. The van der Waals surface area contributed by atoms with Gasteiger partial charge < -0.3 is 15.2 Å². The van der Waals surface area contributed by atoms with Crippen LogP contribution in [0.3, 0.4) is 0 Å². The van der Waals surface area contributed by atoms with Gasteiger partial charge >= 0.3 is 0 Å². The Hall–Kier alpha value is -3.48. The van der Waals surface area contributed by atoms with Crippen LogP contribution in [-0.4, -0.2) is 39.8 Å². The molecule has 0 bridgehead atoms. The Balaban J connectivity index is 1.43. The van der Waals surface area contributed by atoms with Gasteiger partial charge in [-0.2, -0.15) is 0 Å². The number of amides is 2. The van der Waals surface area contributed by atoms with Gasteiger partial charge in [-0.1, -0.05) is 45.9 Å². The molecule has 1 saturated carbocycles. The number of aromatic nitrogens is 2. The quantitative estimate of drug-likeness (QED) is 0.622. The maximum Gasteiger partial charge on any atom is 0.261 e. The highest BCUT2D eigenvalue weighted by Gasteiger charge is 2.31. The van der Waals surface area contributed by atoms with Crippen LogP contribution in [0.1, 0.15) is 86.3 Å². The van der Waals surface area contributed by atoms with Gasteiger partial charge in [0.2, 0.25) is 5.91 Å². The molecule has 37 heavy (non-hydrogen) atoms. The minimum absolute atomic E-state index is 0.0488. The molecule has 2 amide bonds. The zero-order chi connectivity index (χ0) is 26.3. The summed E-state index contributed by atoms with van der Waals surface area (Å²) >= 11 is 0. The van der Waals surface area contributed by atoms with Crippen molar-refractivity contribution in [1.82, 2.24) is 14.9 Å². The van der Waals surface area contributed by atoms with Crippen LogP contribution < -0.4 is 10.9 Å². The monoisotopic (exact) mass is 500 g/mol. The number of rotatable bonds is 4. The van der Waals surface area contributed by atoms with E-state index in [9.17, 15) is 14.4 Å². The average molecular weight is 501 g/mol. The summed E-state index contributed by atoms with van der Waals surface area (Å²) in [5.41, 5.74) is 4.76. The molecule has 2 aromatic heterocycles. The van der Waals surface area contributed by atoms with Gasteiger partial charge in [-0.15, -0.1) is 0 Å². The maximum absolute atomic E-state index is 13.3. The molecule has 3 aliphatic rings. The second-order valence-electron chi connectivity index (χ2n) is 11.6. The number of carbonyl (C=O) groups is 2. The summed E-state index contributed by atoms with van der Waals surface area (Å²) in [6.07, 6.45) is 11.2. The number of hydrogen-bond acceptors (Lipinski definition) is 4. The Labute approximate surface area is 218 Å². The van der Waals surface area contributed by atoms with Gasteiger partial charge in [0, 0.05) is 35.7 Å². The van der Waals surface area contributed by atoms with E-state index in [2.05, 4.69) is 35.5 Å². The van der Waals surface area contributed by atoms with Crippen LogP contribution >= 0.6 is 0 Å². The Kier molecular flexibility index (Phi) is 6.65. The third-order valence-corrected chi connectivity index (χ3v) is 7.51. The molecular formula is C30H36N4O3. The number of nitrogens with zero attached hydrogens (tertiary/aromatic N) is 2. The zero-order valence-corrected chi connectivity index (χ0v) is 22.2. The van der Waals surface area contributed by atoms with Crippen molar-refractivity contribution in [2.45, 2.75) is 65.2 Å². The maximum atomic E-state index is 13.3. The Bertz CT molecular complexity index is 1360. The summed E-state index contributed by atoms with van der Waals surface area (Å²) in [5.74, 6) is 0.568. The fourth-order valence-electron chi connectivity index (χ4n) is 5.15. The fraction of sp³-hybridized carbons (Fsp3) is 0.467. The Morgan fingerprint density at radius 2 is 1.97 bits per heavy atom. The van der Waals surface area contributed by atoms with Gasteiger partial charge in [0.25, 0.3) is 11.5 Å². The minimum Gasteiger partial charge on any atom is -0.334 e. The molecule has 2 aliphatic carbocycles. The molecule has 7 heteroatoms. The van der Waals surface area contributed by atoms with Crippen LogP contribution in [0.15, 0.2) is 35.1 Å². The van der Waals surface area contributed by atoms with Crippen molar-refractivity contribution in [3.8, 4) is 0 Å². The summed E-state index contributed by atoms with van der Waals surface area (Å²) < 4.78 is 0. The number of H-pyrrole nitrogens is 1. The smallest absolute Gasteiger partial charge is 0.261 e. The summed E-state index contributed by atoms with van der Waals surface area (Å²) in [4.78, 5) is 47.9. The van der Waals surface area contributed by atoms with Gasteiger partial charge in [0.15, 0.2) is 0 Å². The molecule has 0 saturated heterocycles. The van der Waals surface area contributed by atoms with E-state index in [4.69, 9.17) is 4.98 Å². The topological polar surface area (TPSA) is 95.2 Å². The van der Waals surface area contributed by atoms with Crippen molar-refractivity contribution in [3.05, 3.63) is 68.8 Å². The summed E-state index contributed by atoms with van der Waals surface area (Å²) in [5, 5.41) is 3.03. The van der Waals surface area contributed by atoms with E-state index in [1.807, 2.05) is 32.9 Å². The number of carbonyl (C=O) groups excluding carboxylic acids is 2. The first-order valence-electron chi connectivity index (χ1n) is 13.4. The predicted octanol–water partition coefficient (Wildman–Crippen LogP) is 4.94. The van der Waals surface area contributed by atoms with Gasteiger partial charge in [0.1, 0.15) is 11.4 Å². The molecule has 2 aromatic rings. The number of fused-ring (bicyclic) bond motifs is 1. The minimum atomic E-state index is -0.347. The number of aromatic amines is 1. The molecule has 3 heterocycles. The molecule has 0 spiro atoms. The van der Waals surface area contributed by atoms with Crippen molar-refractivity contribution in [2.75, 3.05) is 18.4 Å². The fourth-order valence-corrected chi connectivity index (χ4v) is 5.15. The molecule has 7 nitrogen and oxygen atoms in total. The molecule has 0 radical (unpaired) electrons. The SMILES string of the molecule is CC1CN(C(=O)c2ccc(C(C)(C)C)[nH]c2=O)CC=C1c1cc(NC(=O)C2CC2)nc2c1C=CCCC2. The summed E-state index contributed by atoms with van der Waals surface area (Å²) in [6, 6.07) is 5.47. The number of hydrogen-bond donors (Lipinski definition) is 2. The largest absolute Gasteiger partial charge is 0.334 e. The van der Waals surface area contributed by atoms with Crippen LogP contribution in [-0.2, 0) is 16.6 Å². The number of aryl methyl sites for hydroxylation is 1. The molecule has 0 aromatic carbocycles.